The fourth-order valence-corrected chi connectivity index (χ4v) is 22.5. The number of allylic oxidation sites excluding steroid dienone is 2. The molecule has 1 N–H and O–H groups in total. The average Bonchev–Trinajstić information content (AvgIpc) is 2.03. The van der Waals surface area contributed by atoms with Crippen LogP contribution in [0.3, 0.4) is 0 Å². The molecule has 0 saturated carbocycles. The van der Waals surface area contributed by atoms with Crippen molar-refractivity contribution >= 4 is 71.1 Å². The molecule has 0 saturated heterocycles. The predicted octanol–water partition coefficient (Wildman–Crippen LogP) is 3.46. The summed E-state index contributed by atoms with van der Waals surface area (Å²) in [4.78, 5) is 0. The van der Waals surface area contributed by atoms with Crippen molar-refractivity contribution in [3.05, 3.63) is 19.6 Å². The van der Waals surface area contributed by atoms with E-state index in [4.69, 9.17) is 0 Å². The van der Waals surface area contributed by atoms with E-state index < -0.39 is 13.8 Å². The van der Waals surface area contributed by atoms with Gasteiger partial charge in [-0.15, -0.1) is 0 Å². The monoisotopic (exact) mass is 539 g/mol. The Bertz CT molecular complexity index is 214. The van der Waals surface area contributed by atoms with Gasteiger partial charge in [-0.25, -0.2) is 0 Å². The van der Waals surface area contributed by atoms with Crippen LogP contribution in [-0.2, 0) is 0 Å². The van der Waals surface area contributed by atoms with Gasteiger partial charge in [0.2, 0.25) is 0 Å². The molecule has 0 unspecified atom stereocenters. The van der Waals surface area contributed by atoms with Gasteiger partial charge < -0.3 is 0 Å². The maximum absolute atomic E-state index is 3.82. The Morgan fingerprint density at radius 3 is 1.83 bits per heavy atom. The molecule has 1 nitrogen and oxygen atoms in total. The molecule has 0 fully saturated rings. The zero-order valence-corrected chi connectivity index (χ0v) is 14.7. The number of hydrogen-bond acceptors (Lipinski definition) is 1. The quantitative estimate of drug-likeness (QED) is 0.418. The normalized spacial score (nSPS) is 23.7. The molecule has 1 aliphatic heterocycles. The molecule has 6 heteroatoms. The van der Waals surface area contributed by atoms with Crippen LogP contribution in [0.4, 0.5) is 0 Å². The van der Waals surface area contributed by atoms with Crippen LogP contribution in [0.25, 0.3) is 0 Å². The first-order valence-corrected chi connectivity index (χ1v) is 18.1. The van der Waals surface area contributed by atoms with Crippen molar-refractivity contribution < 1.29 is 0 Å². The molecule has 0 amide bonds. The van der Waals surface area contributed by atoms with E-state index in [2.05, 4.69) is 75.1 Å². The van der Waals surface area contributed by atoms with Gasteiger partial charge in [0.25, 0.3) is 0 Å². The van der Waals surface area contributed by atoms with Crippen molar-refractivity contribution in [2.75, 3.05) is 10.7 Å². The summed E-state index contributed by atoms with van der Waals surface area (Å²) in [6.45, 7) is 0. The number of hydrogen-bond donors (Lipinski definition) is 1. The summed E-state index contributed by atoms with van der Waals surface area (Å²) >= 11 is 12.4. The van der Waals surface area contributed by atoms with Gasteiger partial charge in [0.15, 0.2) is 0 Å². The molecular formula is C6H7Br4NTe. The van der Waals surface area contributed by atoms with Crippen LogP contribution in [-0.4, -0.2) is 24.4 Å². The Kier molecular flexibility index (Phi) is 5.20. The number of halogens is 4. The fraction of sp³-hybridized carbons (Fsp3) is 0.333. The molecule has 0 aromatic heterocycles. The second kappa shape index (κ2) is 5.18. The molecule has 12 heavy (non-hydrogen) atoms. The molecule has 1 rings (SSSR count). The van der Waals surface area contributed by atoms with Gasteiger partial charge in [-0.1, -0.05) is 0 Å². The molecule has 0 spiro atoms. The summed E-state index contributed by atoms with van der Waals surface area (Å²) in [5, 5.41) is 4.98. The van der Waals surface area contributed by atoms with Gasteiger partial charge in [0.05, 0.1) is 0 Å². The van der Waals surface area contributed by atoms with Crippen molar-refractivity contribution in [1.82, 2.24) is 5.32 Å². The summed E-state index contributed by atoms with van der Waals surface area (Å²) in [5.41, 5.74) is 0. The molecule has 1 aliphatic rings. The SMILES string of the molecule is BrCC1=CNC=C(CBr)[Te]1(Br)Br. The van der Waals surface area contributed by atoms with Crippen LogP contribution in [0.1, 0.15) is 0 Å². The first-order valence-electron chi connectivity index (χ1n) is 3.11. The molecular weight excluding hydrogens is 533 g/mol. The fourth-order valence-electron chi connectivity index (χ4n) is 0.758. The third kappa shape index (κ3) is 2.52. The van der Waals surface area contributed by atoms with Gasteiger partial charge in [-0.05, 0) is 0 Å². The minimum atomic E-state index is -2.20. The van der Waals surface area contributed by atoms with Gasteiger partial charge >= 0.3 is 107 Å². The first kappa shape index (κ1) is 12.1. The van der Waals surface area contributed by atoms with E-state index in [1.54, 1.807) is 0 Å². The molecule has 70 valence electrons. The summed E-state index contributed by atoms with van der Waals surface area (Å²) < 4.78 is 2.82. The van der Waals surface area contributed by atoms with Crippen LogP contribution < -0.4 is 5.32 Å². The summed E-state index contributed by atoms with van der Waals surface area (Å²) in [6, 6.07) is 0. The third-order valence-corrected chi connectivity index (χ3v) is 21.3. The maximum atomic E-state index is 3.82. The van der Waals surface area contributed by atoms with E-state index in [-0.39, 0.29) is 0 Å². The van der Waals surface area contributed by atoms with Crippen molar-refractivity contribution in [3.63, 3.8) is 0 Å². The number of rotatable bonds is 2. The second-order valence-corrected chi connectivity index (χ2v) is 27.8. The first-order chi connectivity index (χ1) is 5.62. The van der Waals surface area contributed by atoms with E-state index in [1.165, 1.54) is 7.24 Å². The van der Waals surface area contributed by atoms with Gasteiger partial charge in [-0.3, -0.25) is 0 Å². The Morgan fingerprint density at radius 1 is 1.08 bits per heavy atom. The summed E-state index contributed by atoms with van der Waals surface area (Å²) in [7, 11) is 0. The van der Waals surface area contributed by atoms with E-state index in [9.17, 15) is 0 Å². The van der Waals surface area contributed by atoms with Crippen LogP contribution in [0, 0.1) is 0 Å². The van der Waals surface area contributed by atoms with Crippen LogP contribution in [0.15, 0.2) is 19.6 Å². The molecule has 0 aliphatic carbocycles. The topological polar surface area (TPSA) is 12.0 Å². The minimum absolute atomic E-state index is 0.919. The van der Waals surface area contributed by atoms with Crippen LogP contribution in [0.2, 0.25) is 0 Å². The summed E-state index contributed by atoms with van der Waals surface area (Å²) in [5.74, 6) is 0. The second-order valence-electron chi connectivity index (χ2n) is 2.12. The standard InChI is InChI=1S/C6H7Br4NTe/c7-1-5-3-11-4-6(2-8)12(5,9)10/h3-4,11H,1-2H2. The molecule has 0 aromatic carbocycles. The van der Waals surface area contributed by atoms with Gasteiger partial charge in [0.1, 0.15) is 0 Å². The zero-order valence-electron chi connectivity index (χ0n) is 5.99. The Balaban J connectivity index is 2.91. The number of alkyl halides is 2. The average molecular weight is 540 g/mol. The molecule has 0 bridgehead atoms. The van der Waals surface area contributed by atoms with E-state index in [0.717, 1.165) is 10.7 Å². The molecule has 1 heterocycles. The predicted molar refractivity (Wildman–Crippen MR) is 70.5 cm³/mol. The zero-order chi connectivity index (χ0) is 9.19. The molecule has 0 atom stereocenters. The van der Waals surface area contributed by atoms with E-state index in [1.807, 2.05) is 0 Å². The third-order valence-electron chi connectivity index (χ3n) is 1.41. The van der Waals surface area contributed by atoms with Crippen molar-refractivity contribution in [2.45, 2.75) is 0 Å². The van der Waals surface area contributed by atoms with E-state index in [0.29, 0.717) is 0 Å². The van der Waals surface area contributed by atoms with E-state index >= 15 is 0 Å². The molecule has 0 aromatic rings. The van der Waals surface area contributed by atoms with Crippen LogP contribution in [0.5, 0.6) is 0 Å². The summed E-state index contributed by atoms with van der Waals surface area (Å²) in [6.07, 6.45) is 4.12. The van der Waals surface area contributed by atoms with Gasteiger partial charge in [-0.2, -0.15) is 0 Å². The number of nitrogens with one attached hydrogen (secondary N) is 1. The Hall–Kier alpha value is 1.99. The Labute approximate surface area is 105 Å². The van der Waals surface area contributed by atoms with Gasteiger partial charge in [0, 0.05) is 0 Å². The van der Waals surface area contributed by atoms with Crippen molar-refractivity contribution in [1.29, 1.82) is 0 Å². The van der Waals surface area contributed by atoms with Crippen molar-refractivity contribution in [3.8, 4) is 0 Å². The molecule has 0 radical (unpaired) electrons. The Morgan fingerprint density at radius 2 is 1.50 bits per heavy atom. The van der Waals surface area contributed by atoms with Crippen molar-refractivity contribution in [2.24, 2.45) is 0 Å². The van der Waals surface area contributed by atoms with Crippen LogP contribution >= 0.6 is 57.4 Å².